The fourth-order valence-corrected chi connectivity index (χ4v) is 4.44. The van der Waals surface area contributed by atoms with Crippen molar-refractivity contribution in [2.24, 2.45) is 0 Å². The Hall–Kier alpha value is -3.74. The van der Waals surface area contributed by atoms with Gasteiger partial charge in [-0.2, -0.15) is 0 Å². The number of aryl methyl sites for hydroxylation is 4. The van der Waals surface area contributed by atoms with E-state index in [1.54, 1.807) is 21.0 Å². The standard InChI is InChI=1S/C25H24N4O3/c1-13(30)20-10-18-9-16-6-7-22(27-16)25(32-3)24-21(14(2)31)11-19(29-24)8-15-4-5-17(26-15)12-23(20)28-18/h8-12,28-29H,4-7H2,1-3H3. The second-order valence-electron chi connectivity index (χ2n) is 8.29. The lowest BCUT2D eigenvalue weighted by Crippen LogP contribution is -1.95. The summed E-state index contributed by atoms with van der Waals surface area (Å²) in [6, 6.07) is 9.58. The highest BCUT2D eigenvalue weighted by Gasteiger charge is 2.18. The van der Waals surface area contributed by atoms with Gasteiger partial charge in [0.1, 0.15) is 0 Å². The molecule has 7 heteroatoms. The minimum atomic E-state index is -0.0398. The van der Waals surface area contributed by atoms with Crippen molar-refractivity contribution < 1.29 is 14.3 Å². The maximum absolute atomic E-state index is 12.4. The molecule has 0 radical (unpaired) electrons. The Kier molecular flexibility index (Phi) is 4.89. The van der Waals surface area contributed by atoms with Crippen molar-refractivity contribution in [3.8, 4) is 5.75 Å². The summed E-state index contributed by atoms with van der Waals surface area (Å²) in [5.74, 6) is 0.545. The number of nitrogens with zero attached hydrogens (tertiary/aromatic N) is 2. The average Bonchev–Trinajstić information content (AvgIpc) is 3.51. The van der Waals surface area contributed by atoms with E-state index in [2.05, 4.69) is 9.97 Å². The van der Waals surface area contributed by atoms with E-state index in [9.17, 15) is 9.59 Å². The van der Waals surface area contributed by atoms with Crippen LogP contribution < -0.4 is 4.74 Å². The molecule has 3 aromatic rings. The molecule has 7 nitrogen and oxygen atoms in total. The number of ketones is 2. The van der Waals surface area contributed by atoms with E-state index in [-0.39, 0.29) is 11.6 Å². The molecule has 5 heterocycles. The average molecular weight is 428 g/mol. The van der Waals surface area contributed by atoms with E-state index in [1.807, 2.05) is 30.3 Å². The summed E-state index contributed by atoms with van der Waals surface area (Å²) < 4.78 is 5.72. The van der Waals surface area contributed by atoms with Gasteiger partial charge in [-0.25, -0.2) is 0 Å². The molecule has 2 aliphatic rings. The molecule has 0 unspecified atom stereocenters. The molecule has 2 N–H and O–H groups in total. The molecule has 0 saturated carbocycles. The van der Waals surface area contributed by atoms with Gasteiger partial charge in [-0.05, 0) is 69.9 Å². The monoisotopic (exact) mass is 428 g/mol. The zero-order valence-corrected chi connectivity index (χ0v) is 18.3. The molecule has 0 aliphatic carbocycles. The van der Waals surface area contributed by atoms with E-state index in [0.717, 1.165) is 58.6 Å². The number of aromatic nitrogens is 4. The Morgan fingerprint density at radius 1 is 0.781 bits per heavy atom. The molecule has 0 saturated heterocycles. The number of fused-ring (bicyclic) bond motifs is 8. The smallest absolute Gasteiger partial charge is 0.164 e. The minimum absolute atomic E-state index is 0.00501. The van der Waals surface area contributed by atoms with Crippen molar-refractivity contribution in [2.75, 3.05) is 7.11 Å². The minimum Gasteiger partial charge on any atom is -0.493 e. The number of carbonyl (C=O) groups is 2. The summed E-state index contributed by atoms with van der Waals surface area (Å²) in [5.41, 5.74) is 7.78. The first kappa shape index (κ1) is 20.2. The van der Waals surface area contributed by atoms with Crippen molar-refractivity contribution in [1.82, 2.24) is 19.9 Å². The van der Waals surface area contributed by atoms with E-state index in [4.69, 9.17) is 14.7 Å². The molecule has 0 amide bonds. The van der Waals surface area contributed by atoms with Crippen LogP contribution >= 0.6 is 0 Å². The maximum atomic E-state index is 12.4. The van der Waals surface area contributed by atoms with Crippen molar-refractivity contribution in [3.05, 3.63) is 64.2 Å². The van der Waals surface area contributed by atoms with Crippen LogP contribution in [-0.4, -0.2) is 38.6 Å². The first-order valence-corrected chi connectivity index (χ1v) is 10.7. The van der Waals surface area contributed by atoms with Gasteiger partial charge in [0.05, 0.1) is 23.8 Å². The number of ether oxygens (including phenoxy) is 1. The molecular formula is C25H24N4O3. The van der Waals surface area contributed by atoms with Crippen molar-refractivity contribution in [1.29, 1.82) is 0 Å². The van der Waals surface area contributed by atoms with Gasteiger partial charge in [0.2, 0.25) is 0 Å². The van der Waals surface area contributed by atoms with Gasteiger partial charge in [0, 0.05) is 39.2 Å². The molecule has 162 valence electrons. The van der Waals surface area contributed by atoms with Gasteiger partial charge < -0.3 is 14.7 Å². The predicted octanol–water partition coefficient (Wildman–Crippen LogP) is 4.30. The maximum Gasteiger partial charge on any atom is 0.164 e. The summed E-state index contributed by atoms with van der Waals surface area (Å²) in [4.78, 5) is 40.8. The van der Waals surface area contributed by atoms with E-state index in [0.29, 0.717) is 28.8 Å². The number of rotatable bonds is 3. The number of carbonyl (C=O) groups excluding carboxylic acids is 2. The lowest BCUT2D eigenvalue weighted by Gasteiger charge is -2.03. The third-order valence-electron chi connectivity index (χ3n) is 5.94. The number of nitrogens with one attached hydrogen (secondary N) is 2. The predicted molar refractivity (Wildman–Crippen MR) is 122 cm³/mol. The van der Waals surface area contributed by atoms with Crippen molar-refractivity contribution in [2.45, 2.75) is 39.5 Å². The van der Waals surface area contributed by atoms with Gasteiger partial charge in [0.15, 0.2) is 17.3 Å². The molecule has 0 aromatic carbocycles. The highest BCUT2D eigenvalue weighted by atomic mass is 16.5. The molecule has 0 fully saturated rings. The molecule has 5 rings (SSSR count). The van der Waals surface area contributed by atoms with Crippen LogP contribution in [0.5, 0.6) is 5.75 Å². The fourth-order valence-electron chi connectivity index (χ4n) is 4.44. The quantitative estimate of drug-likeness (QED) is 0.606. The first-order valence-electron chi connectivity index (χ1n) is 10.7. The number of Topliss-reactive ketones (excluding diaryl/α,β-unsaturated/α-hetero) is 2. The van der Waals surface area contributed by atoms with Crippen LogP contribution in [0.15, 0.2) is 30.3 Å². The molecule has 3 aromatic heterocycles. The Balaban J connectivity index is 1.91. The molecule has 0 spiro atoms. The Bertz CT molecular complexity index is 1430. The highest BCUT2D eigenvalue weighted by Crippen LogP contribution is 2.29. The van der Waals surface area contributed by atoms with Gasteiger partial charge in [-0.3, -0.25) is 19.6 Å². The van der Waals surface area contributed by atoms with Crippen LogP contribution in [0.2, 0.25) is 0 Å². The third-order valence-corrected chi connectivity index (χ3v) is 5.94. The van der Waals surface area contributed by atoms with Crippen LogP contribution in [0.25, 0.3) is 22.1 Å². The van der Waals surface area contributed by atoms with Crippen LogP contribution in [-0.2, 0) is 25.7 Å². The molecular weight excluding hydrogens is 404 g/mol. The largest absolute Gasteiger partial charge is 0.493 e. The summed E-state index contributed by atoms with van der Waals surface area (Å²) in [5, 5.41) is 0. The topological polar surface area (TPSA) is 101 Å². The SMILES string of the molecule is COc1c2nc(cc3cc(C(C)=O)c(cc4nc(cc5cc(C(C)=O)c1[nH]5)CC4)[nH]3)CC2. The highest BCUT2D eigenvalue weighted by molar-refractivity contribution is 6.04. The zero-order chi connectivity index (χ0) is 22.4. The molecule has 32 heavy (non-hydrogen) atoms. The molecule has 8 bridgehead atoms. The lowest BCUT2D eigenvalue weighted by atomic mass is 10.1. The number of hydrogen-bond donors (Lipinski definition) is 2. The lowest BCUT2D eigenvalue weighted by molar-refractivity contribution is 0.101. The van der Waals surface area contributed by atoms with Crippen molar-refractivity contribution >= 4 is 33.6 Å². The number of H-pyrrole nitrogens is 2. The van der Waals surface area contributed by atoms with Crippen LogP contribution in [0.4, 0.5) is 0 Å². The van der Waals surface area contributed by atoms with Crippen LogP contribution in [0.3, 0.4) is 0 Å². The third kappa shape index (κ3) is 3.60. The van der Waals surface area contributed by atoms with Gasteiger partial charge in [0.25, 0.3) is 0 Å². The fraction of sp³-hybridized carbons (Fsp3) is 0.280. The van der Waals surface area contributed by atoms with E-state index < -0.39 is 0 Å². The summed E-state index contributed by atoms with van der Waals surface area (Å²) in [7, 11) is 1.60. The Labute approximate surface area is 184 Å². The van der Waals surface area contributed by atoms with Crippen LogP contribution in [0.1, 0.15) is 57.3 Å². The van der Waals surface area contributed by atoms with Gasteiger partial charge >= 0.3 is 0 Å². The Morgan fingerprint density at radius 3 is 2.06 bits per heavy atom. The number of hydrogen-bond acceptors (Lipinski definition) is 5. The summed E-state index contributed by atoms with van der Waals surface area (Å²) in [6.45, 7) is 3.12. The normalized spacial score (nSPS) is 13.2. The van der Waals surface area contributed by atoms with E-state index in [1.165, 1.54) is 0 Å². The number of methoxy groups -OCH3 is 1. The molecule has 2 aliphatic heterocycles. The van der Waals surface area contributed by atoms with E-state index >= 15 is 0 Å². The second kappa shape index (κ2) is 7.75. The summed E-state index contributed by atoms with van der Waals surface area (Å²) >= 11 is 0. The van der Waals surface area contributed by atoms with Crippen molar-refractivity contribution in [3.63, 3.8) is 0 Å². The number of aromatic amines is 2. The zero-order valence-electron chi connectivity index (χ0n) is 18.3. The summed E-state index contributed by atoms with van der Waals surface area (Å²) in [6.07, 6.45) is 3.02. The molecule has 0 atom stereocenters. The van der Waals surface area contributed by atoms with Gasteiger partial charge in [-0.1, -0.05) is 0 Å². The van der Waals surface area contributed by atoms with Gasteiger partial charge in [-0.15, -0.1) is 0 Å². The Morgan fingerprint density at radius 2 is 1.38 bits per heavy atom. The first-order chi connectivity index (χ1) is 15.4. The second-order valence-corrected chi connectivity index (χ2v) is 8.29. The van der Waals surface area contributed by atoms with Crippen LogP contribution in [0, 0.1) is 0 Å².